The molecule has 4 nitrogen and oxygen atoms in total. The molecule has 0 radical (unpaired) electrons. The average Bonchev–Trinajstić information content (AvgIpc) is 2.85. The van der Waals surface area contributed by atoms with Crippen molar-refractivity contribution in [3.63, 3.8) is 0 Å². The number of anilines is 1. The number of benzene rings is 1. The van der Waals surface area contributed by atoms with Gasteiger partial charge in [0.25, 0.3) is 0 Å². The zero-order valence-electron chi connectivity index (χ0n) is 9.72. The molecule has 0 atom stereocenters. The molecule has 6 heteroatoms. The van der Waals surface area contributed by atoms with E-state index in [0.29, 0.717) is 6.54 Å². The largest absolute Gasteiger partial charge is 0.356 e. The summed E-state index contributed by atoms with van der Waals surface area (Å²) in [6.07, 6.45) is 1.88. The molecule has 0 spiro atoms. The van der Waals surface area contributed by atoms with Crippen LogP contribution >= 0.6 is 11.3 Å². The van der Waals surface area contributed by atoms with Crippen molar-refractivity contribution in [2.75, 3.05) is 5.32 Å². The third-order valence-electron chi connectivity index (χ3n) is 2.52. The first-order valence-electron chi connectivity index (χ1n) is 5.52. The van der Waals surface area contributed by atoms with E-state index >= 15 is 0 Å². The third kappa shape index (κ3) is 2.19. The summed E-state index contributed by atoms with van der Waals surface area (Å²) in [6.45, 7) is 2.56. The maximum atomic E-state index is 12.7. The fourth-order valence-corrected chi connectivity index (χ4v) is 2.48. The molecule has 1 aromatic carbocycles. The highest BCUT2D eigenvalue weighted by Gasteiger charge is 2.05. The summed E-state index contributed by atoms with van der Waals surface area (Å²) < 4.78 is 14.5. The Hall–Kier alpha value is -1.95. The zero-order valence-corrected chi connectivity index (χ0v) is 10.5. The van der Waals surface area contributed by atoms with E-state index in [0.717, 1.165) is 21.3 Å². The number of halogens is 1. The summed E-state index contributed by atoms with van der Waals surface area (Å²) in [7, 11) is 0. The topological polar surface area (TPSA) is 42.2 Å². The monoisotopic (exact) mass is 262 g/mol. The number of hydrogen-bond acceptors (Lipinski definition) is 4. The number of imidazole rings is 1. The smallest absolute Gasteiger partial charge is 0.214 e. The van der Waals surface area contributed by atoms with Crippen molar-refractivity contribution in [3.8, 4) is 0 Å². The van der Waals surface area contributed by atoms with E-state index in [1.165, 1.54) is 23.5 Å². The SMILES string of the molecule is Cc1cn2nc(NCc3ccc(F)cc3)sc2n1. The second-order valence-electron chi connectivity index (χ2n) is 4.00. The number of rotatable bonds is 3. The number of hydrogen-bond donors (Lipinski definition) is 1. The second kappa shape index (κ2) is 4.38. The van der Waals surface area contributed by atoms with Crippen LogP contribution in [0.3, 0.4) is 0 Å². The van der Waals surface area contributed by atoms with Gasteiger partial charge in [-0.1, -0.05) is 23.5 Å². The van der Waals surface area contributed by atoms with E-state index in [1.807, 2.05) is 13.1 Å². The fraction of sp³-hybridized carbons (Fsp3) is 0.167. The van der Waals surface area contributed by atoms with Crippen LogP contribution in [0.4, 0.5) is 9.52 Å². The minimum atomic E-state index is -0.220. The molecular weight excluding hydrogens is 251 g/mol. The lowest BCUT2D eigenvalue weighted by Crippen LogP contribution is -1.99. The number of aromatic nitrogens is 3. The van der Waals surface area contributed by atoms with Gasteiger partial charge in [0.05, 0.1) is 11.9 Å². The number of nitrogens with one attached hydrogen (secondary N) is 1. The summed E-state index contributed by atoms with van der Waals surface area (Å²) in [6, 6.07) is 6.42. The maximum Gasteiger partial charge on any atom is 0.214 e. The van der Waals surface area contributed by atoms with Crippen LogP contribution in [0.15, 0.2) is 30.5 Å². The molecule has 0 aliphatic rings. The van der Waals surface area contributed by atoms with Gasteiger partial charge in [0.2, 0.25) is 10.1 Å². The van der Waals surface area contributed by atoms with E-state index in [9.17, 15) is 4.39 Å². The van der Waals surface area contributed by atoms with Crippen molar-refractivity contribution in [3.05, 3.63) is 47.5 Å². The normalized spacial score (nSPS) is 11.0. The molecule has 0 saturated carbocycles. The van der Waals surface area contributed by atoms with Gasteiger partial charge in [0.15, 0.2) is 0 Å². The van der Waals surface area contributed by atoms with E-state index < -0.39 is 0 Å². The van der Waals surface area contributed by atoms with Crippen LogP contribution in [0.25, 0.3) is 4.96 Å². The van der Waals surface area contributed by atoms with Gasteiger partial charge in [-0.15, -0.1) is 5.10 Å². The van der Waals surface area contributed by atoms with Crippen molar-refractivity contribution in [2.45, 2.75) is 13.5 Å². The van der Waals surface area contributed by atoms with Gasteiger partial charge in [0.1, 0.15) is 5.82 Å². The molecule has 0 saturated heterocycles. The summed E-state index contributed by atoms with van der Waals surface area (Å²) in [5.41, 5.74) is 1.97. The van der Waals surface area contributed by atoms with Crippen molar-refractivity contribution in [2.24, 2.45) is 0 Å². The molecule has 2 aromatic heterocycles. The van der Waals surface area contributed by atoms with Crippen LogP contribution < -0.4 is 5.32 Å². The Balaban J connectivity index is 1.72. The van der Waals surface area contributed by atoms with Crippen LogP contribution in [-0.4, -0.2) is 14.6 Å². The Labute approximate surface area is 107 Å². The Morgan fingerprint density at radius 3 is 2.83 bits per heavy atom. The molecule has 0 bridgehead atoms. The molecule has 0 amide bonds. The first-order valence-corrected chi connectivity index (χ1v) is 6.33. The van der Waals surface area contributed by atoms with Gasteiger partial charge in [-0.3, -0.25) is 0 Å². The predicted molar refractivity (Wildman–Crippen MR) is 69.3 cm³/mol. The van der Waals surface area contributed by atoms with Gasteiger partial charge >= 0.3 is 0 Å². The standard InChI is InChI=1S/C12H11FN4S/c1-8-7-17-12(15-8)18-11(16-17)14-6-9-2-4-10(13)5-3-9/h2-5,7H,6H2,1H3,(H,14,16). The van der Waals surface area contributed by atoms with Crippen LogP contribution in [-0.2, 0) is 6.54 Å². The Bertz CT molecular complexity index is 640. The lowest BCUT2D eigenvalue weighted by atomic mass is 10.2. The Morgan fingerprint density at radius 2 is 2.11 bits per heavy atom. The minimum absolute atomic E-state index is 0.220. The highest BCUT2D eigenvalue weighted by atomic mass is 32.1. The average molecular weight is 262 g/mol. The first-order chi connectivity index (χ1) is 8.70. The molecule has 0 unspecified atom stereocenters. The third-order valence-corrected chi connectivity index (χ3v) is 3.40. The van der Waals surface area contributed by atoms with E-state index in [4.69, 9.17) is 0 Å². The van der Waals surface area contributed by atoms with Crippen LogP contribution in [0, 0.1) is 12.7 Å². The second-order valence-corrected chi connectivity index (χ2v) is 4.95. The number of fused-ring (bicyclic) bond motifs is 1. The molecule has 0 aliphatic heterocycles. The predicted octanol–water partition coefficient (Wildman–Crippen LogP) is 2.85. The molecule has 18 heavy (non-hydrogen) atoms. The quantitative estimate of drug-likeness (QED) is 0.789. The van der Waals surface area contributed by atoms with Gasteiger partial charge in [-0.05, 0) is 24.6 Å². The first kappa shape index (κ1) is 11.2. The van der Waals surface area contributed by atoms with Crippen molar-refractivity contribution >= 4 is 21.4 Å². The van der Waals surface area contributed by atoms with Crippen LogP contribution in [0.2, 0.25) is 0 Å². The van der Waals surface area contributed by atoms with E-state index in [-0.39, 0.29) is 5.82 Å². The highest BCUT2D eigenvalue weighted by molar-refractivity contribution is 7.20. The molecular formula is C12H11FN4S. The molecule has 3 aromatic rings. The maximum absolute atomic E-state index is 12.7. The fourth-order valence-electron chi connectivity index (χ4n) is 1.66. The van der Waals surface area contributed by atoms with Crippen molar-refractivity contribution in [1.82, 2.24) is 14.6 Å². The number of aryl methyl sites for hydroxylation is 1. The minimum Gasteiger partial charge on any atom is -0.356 e. The molecule has 0 aliphatic carbocycles. The van der Waals surface area contributed by atoms with Gasteiger partial charge in [0, 0.05) is 6.54 Å². The Kier molecular flexibility index (Phi) is 2.71. The summed E-state index contributed by atoms with van der Waals surface area (Å²) in [5, 5.41) is 8.36. The summed E-state index contributed by atoms with van der Waals surface area (Å²) in [4.78, 5) is 5.20. The summed E-state index contributed by atoms with van der Waals surface area (Å²) in [5.74, 6) is -0.220. The molecule has 92 valence electrons. The Morgan fingerprint density at radius 1 is 1.33 bits per heavy atom. The lowest BCUT2D eigenvalue weighted by Gasteiger charge is -2.01. The van der Waals surface area contributed by atoms with Gasteiger partial charge in [-0.2, -0.15) is 0 Å². The number of nitrogens with zero attached hydrogens (tertiary/aromatic N) is 3. The molecule has 0 fully saturated rings. The lowest BCUT2D eigenvalue weighted by molar-refractivity contribution is 0.627. The molecule has 3 rings (SSSR count). The van der Waals surface area contributed by atoms with E-state index in [2.05, 4.69) is 15.4 Å². The molecule has 1 N–H and O–H groups in total. The zero-order chi connectivity index (χ0) is 12.5. The van der Waals surface area contributed by atoms with Gasteiger partial charge < -0.3 is 5.32 Å². The summed E-state index contributed by atoms with van der Waals surface area (Å²) >= 11 is 1.50. The van der Waals surface area contributed by atoms with Crippen molar-refractivity contribution < 1.29 is 4.39 Å². The van der Waals surface area contributed by atoms with Crippen LogP contribution in [0.1, 0.15) is 11.3 Å². The molecule has 2 heterocycles. The van der Waals surface area contributed by atoms with Crippen molar-refractivity contribution in [1.29, 1.82) is 0 Å². The van der Waals surface area contributed by atoms with E-state index in [1.54, 1.807) is 16.6 Å². The van der Waals surface area contributed by atoms with Crippen LogP contribution in [0.5, 0.6) is 0 Å². The van der Waals surface area contributed by atoms with Gasteiger partial charge in [-0.25, -0.2) is 13.9 Å². The highest BCUT2D eigenvalue weighted by Crippen LogP contribution is 2.19.